The van der Waals surface area contributed by atoms with Gasteiger partial charge in [-0.15, -0.1) is 22.7 Å². The van der Waals surface area contributed by atoms with Crippen molar-refractivity contribution in [2.45, 2.75) is 39.2 Å². The largest absolute Gasteiger partial charge is 0.354 e. The Bertz CT molecular complexity index is 754. The Balaban J connectivity index is 1.63. The second-order valence-electron chi connectivity index (χ2n) is 6.99. The first kappa shape index (κ1) is 19.4. The fourth-order valence-electron chi connectivity index (χ4n) is 2.25. The SMILES string of the molecule is CC(C)(C)Nc1nc(NCCc2cscn2)nc(NCCc2cscn2)n1. The van der Waals surface area contributed by atoms with Crippen LogP contribution in [0.15, 0.2) is 21.8 Å². The first-order chi connectivity index (χ1) is 13.0. The normalized spacial score (nSPS) is 11.4. The van der Waals surface area contributed by atoms with Crippen molar-refractivity contribution in [3.05, 3.63) is 33.2 Å². The van der Waals surface area contributed by atoms with E-state index in [9.17, 15) is 0 Å². The molecule has 3 N–H and O–H groups in total. The highest BCUT2D eigenvalue weighted by Crippen LogP contribution is 2.14. The van der Waals surface area contributed by atoms with Gasteiger partial charge in [-0.25, -0.2) is 9.97 Å². The zero-order chi connectivity index (χ0) is 19.1. The van der Waals surface area contributed by atoms with Crippen molar-refractivity contribution < 1.29 is 0 Å². The Labute approximate surface area is 166 Å². The highest BCUT2D eigenvalue weighted by atomic mass is 32.1. The molecule has 0 amide bonds. The molecule has 0 saturated heterocycles. The number of nitrogens with zero attached hydrogens (tertiary/aromatic N) is 5. The molecule has 0 radical (unpaired) electrons. The lowest BCUT2D eigenvalue weighted by Crippen LogP contribution is -2.28. The van der Waals surface area contributed by atoms with Crippen LogP contribution in [0.2, 0.25) is 0 Å². The molecule has 0 aliphatic carbocycles. The Kier molecular flexibility index (Phi) is 6.51. The summed E-state index contributed by atoms with van der Waals surface area (Å²) in [6.07, 6.45) is 1.65. The Morgan fingerprint density at radius 3 is 1.67 bits per heavy atom. The molecule has 144 valence electrons. The van der Waals surface area contributed by atoms with Gasteiger partial charge in [0.2, 0.25) is 17.8 Å². The molecule has 0 fully saturated rings. The molecule has 0 aliphatic heterocycles. The first-order valence-corrected chi connectivity index (χ1v) is 10.6. The molecule has 3 aromatic rings. The van der Waals surface area contributed by atoms with E-state index in [0.29, 0.717) is 30.9 Å². The van der Waals surface area contributed by atoms with E-state index < -0.39 is 0 Å². The summed E-state index contributed by atoms with van der Waals surface area (Å²) in [4.78, 5) is 22.0. The highest BCUT2D eigenvalue weighted by Gasteiger charge is 2.14. The average molecular weight is 405 g/mol. The van der Waals surface area contributed by atoms with Crippen molar-refractivity contribution in [3.8, 4) is 0 Å². The minimum absolute atomic E-state index is 0.142. The Hall–Kier alpha value is -2.33. The van der Waals surface area contributed by atoms with Crippen LogP contribution in [0.4, 0.5) is 17.8 Å². The van der Waals surface area contributed by atoms with E-state index in [2.05, 4.69) is 61.6 Å². The molecule has 3 rings (SSSR count). The smallest absolute Gasteiger partial charge is 0.229 e. The van der Waals surface area contributed by atoms with Crippen LogP contribution in [0, 0.1) is 0 Å². The summed E-state index contributed by atoms with van der Waals surface area (Å²) in [6.45, 7) is 7.63. The predicted octanol–water partition coefficient (Wildman–Crippen LogP) is 3.30. The third kappa shape index (κ3) is 6.72. The van der Waals surface area contributed by atoms with Gasteiger partial charge in [-0.3, -0.25) is 0 Å². The van der Waals surface area contributed by atoms with Gasteiger partial charge in [0.1, 0.15) is 0 Å². The summed E-state index contributed by atoms with van der Waals surface area (Å²) >= 11 is 3.20. The number of rotatable bonds is 9. The van der Waals surface area contributed by atoms with Gasteiger partial charge in [0.05, 0.1) is 22.4 Å². The van der Waals surface area contributed by atoms with Crippen LogP contribution in [0.25, 0.3) is 0 Å². The molecule has 0 spiro atoms. The van der Waals surface area contributed by atoms with E-state index in [0.717, 1.165) is 24.2 Å². The van der Waals surface area contributed by atoms with Crippen LogP contribution in [-0.4, -0.2) is 43.5 Å². The zero-order valence-electron chi connectivity index (χ0n) is 15.7. The molecule has 8 nitrogen and oxygen atoms in total. The summed E-state index contributed by atoms with van der Waals surface area (Å²) < 4.78 is 0. The van der Waals surface area contributed by atoms with E-state index >= 15 is 0 Å². The van der Waals surface area contributed by atoms with Crippen LogP contribution in [-0.2, 0) is 12.8 Å². The minimum Gasteiger partial charge on any atom is -0.354 e. The maximum Gasteiger partial charge on any atom is 0.229 e. The number of hydrogen-bond acceptors (Lipinski definition) is 10. The zero-order valence-corrected chi connectivity index (χ0v) is 17.3. The first-order valence-electron chi connectivity index (χ1n) is 8.74. The van der Waals surface area contributed by atoms with Crippen LogP contribution >= 0.6 is 22.7 Å². The topological polar surface area (TPSA) is 101 Å². The third-order valence-electron chi connectivity index (χ3n) is 3.42. The lowest BCUT2D eigenvalue weighted by molar-refractivity contribution is 0.625. The van der Waals surface area contributed by atoms with E-state index in [1.807, 2.05) is 21.8 Å². The standard InChI is InChI=1S/C17H24N8S2/c1-17(2,3)25-16-23-14(18-6-4-12-8-26-10-20-12)22-15(24-16)19-7-5-13-9-27-11-21-13/h8-11H,4-7H2,1-3H3,(H3,18,19,22,23,24,25). The monoisotopic (exact) mass is 404 g/mol. The molecule has 0 aromatic carbocycles. The van der Waals surface area contributed by atoms with Crippen molar-refractivity contribution in [1.82, 2.24) is 24.9 Å². The van der Waals surface area contributed by atoms with Crippen molar-refractivity contribution in [2.24, 2.45) is 0 Å². The van der Waals surface area contributed by atoms with Crippen molar-refractivity contribution in [3.63, 3.8) is 0 Å². The molecule has 0 bridgehead atoms. The quantitative estimate of drug-likeness (QED) is 0.499. The lowest BCUT2D eigenvalue weighted by Gasteiger charge is -2.21. The molecule has 3 aromatic heterocycles. The summed E-state index contributed by atoms with van der Waals surface area (Å²) in [7, 11) is 0. The average Bonchev–Trinajstić information content (AvgIpc) is 3.27. The fourth-order valence-corrected chi connectivity index (χ4v) is 3.44. The molecule has 27 heavy (non-hydrogen) atoms. The summed E-state index contributed by atoms with van der Waals surface area (Å²) in [6, 6.07) is 0. The number of thiazole rings is 2. The molecule has 0 saturated carbocycles. The summed E-state index contributed by atoms with van der Waals surface area (Å²) in [5.74, 6) is 1.64. The Morgan fingerprint density at radius 2 is 1.26 bits per heavy atom. The van der Waals surface area contributed by atoms with Crippen LogP contribution in [0.5, 0.6) is 0 Å². The lowest BCUT2D eigenvalue weighted by atomic mass is 10.1. The van der Waals surface area contributed by atoms with Crippen LogP contribution in [0.1, 0.15) is 32.2 Å². The molecule has 0 aliphatic rings. The van der Waals surface area contributed by atoms with Gasteiger partial charge in [0.15, 0.2) is 0 Å². The molecule has 0 unspecified atom stereocenters. The summed E-state index contributed by atoms with van der Waals surface area (Å²) in [5, 5.41) is 13.9. The van der Waals surface area contributed by atoms with Gasteiger partial charge < -0.3 is 16.0 Å². The van der Waals surface area contributed by atoms with E-state index in [1.165, 1.54) is 0 Å². The number of nitrogens with one attached hydrogen (secondary N) is 3. The predicted molar refractivity (Wildman–Crippen MR) is 112 cm³/mol. The van der Waals surface area contributed by atoms with Gasteiger partial charge in [-0.2, -0.15) is 15.0 Å². The molecule has 0 atom stereocenters. The second kappa shape index (κ2) is 9.05. The number of aromatic nitrogens is 5. The number of hydrogen-bond donors (Lipinski definition) is 3. The van der Waals surface area contributed by atoms with E-state index in [-0.39, 0.29) is 5.54 Å². The maximum absolute atomic E-state index is 4.48. The fraction of sp³-hybridized carbons (Fsp3) is 0.471. The molecule has 10 heteroatoms. The highest BCUT2D eigenvalue weighted by molar-refractivity contribution is 7.07. The Morgan fingerprint density at radius 1 is 0.778 bits per heavy atom. The van der Waals surface area contributed by atoms with Crippen LogP contribution < -0.4 is 16.0 Å². The van der Waals surface area contributed by atoms with Crippen molar-refractivity contribution in [1.29, 1.82) is 0 Å². The van der Waals surface area contributed by atoms with Gasteiger partial charge in [-0.05, 0) is 20.8 Å². The maximum atomic E-state index is 4.48. The third-order valence-corrected chi connectivity index (χ3v) is 4.69. The van der Waals surface area contributed by atoms with Gasteiger partial charge in [0, 0.05) is 42.2 Å². The molecule has 3 heterocycles. The van der Waals surface area contributed by atoms with E-state index in [1.54, 1.807) is 22.7 Å². The van der Waals surface area contributed by atoms with E-state index in [4.69, 9.17) is 0 Å². The van der Waals surface area contributed by atoms with Gasteiger partial charge in [0.25, 0.3) is 0 Å². The summed E-state index contributed by atoms with van der Waals surface area (Å²) in [5.41, 5.74) is 5.67. The van der Waals surface area contributed by atoms with Crippen molar-refractivity contribution in [2.75, 3.05) is 29.0 Å². The van der Waals surface area contributed by atoms with Crippen molar-refractivity contribution >= 4 is 40.5 Å². The van der Waals surface area contributed by atoms with Gasteiger partial charge in [-0.1, -0.05) is 0 Å². The second-order valence-corrected chi connectivity index (χ2v) is 8.43. The molecular weight excluding hydrogens is 380 g/mol. The minimum atomic E-state index is -0.142. The van der Waals surface area contributed by atoms with Crippen LogP contribution in [0.3, 0.4) is 0 Å². The number of anilines is 3. The van der Waals surface area contributed by atoms with Gasteiger partial charge >= 0.3 is 0 Å². The molecular formula is C17H24N8S2.